The number of fused-ring (bicyclic) bond motifs is 2. The number of carbonyl (C=O) groups is 1. The van der Waals surface area contributed by atoms with Crippen LogP contribution in [0, 0.1) is 0 Å². The Kier molecular flexibility index (Phi) is 5.97. The van der Waals surface area contributed by atoms with E-state index >= 15 is 0 Å². The van der Waals surface area contributed by atoms with E-state index in [1.165, 1.54) is 5.56 Å². The summed E-state index contributed by atoms with van der Waals surface area (Å²) in [6.45, 7) is 5.31. The van der Waals surface area contributed by atoms with Crippen LogP contribution >= 0.6 is 11.3 Å². The van der Waals surface area contributed by atoms with Crippen molar-refractivity contribution in [1.82, 2.24) is 20.2 Å². The number of aromatic nitrogens is 2. The van der Waals surface area contributed by atoms with E-state index in [1.807, 2.05) is 47.8 Å². The molecule has 0 radical (unpaired) electrons. The minimum absolute atomic E-state index is 0.0459. The fraction of sp³-hybridized carbons (Fsp3) is 0.269. The summed E-state index contributed by atoms with van der Waals surface area (Å²) in [6, 6.07) is 18.3. The zero-order chi connectivity index (χ0) is 21.9. The molecule has 1 aliphatic heterocycles. The summed E-state index contributed by atoms with van der Waals surface area (Å²) in [5.74, 6) is -0.0459. The smallest absolute Gasteiger partial charge is 0.252 e. The van der Waals surface area contributed by atoms with Gasteiger partial charge in [-0.05, 0) is 18.2 Å². The predicted molar refractivity (Wildman–Crippen MR) is 129 cm³/mol. The minimum atomic E-state index is -0.0459. The van der Waals surface area contributed by atoms with Crippen LogP contribution in [0.25, 0.3) is 10.9 Å². The Morgan fingerprint density at radius 2 is 1.91 bits per heavy atom. The van der Waals surface area contributed by atoms with Gasteiger partial charge in [0.1, 0.15) is 0 Å². The van der Waals surface area contributed by atoms with E-state index in [1.54, 1.807) is 11.3 Å². The number of hydrogen-bond donors (Lipinski definition) is 1. The van der Waals surface area contributed by atoms with Crippen molar-refractivity contribution in [1.29, 1.82) is 0 Å². The molecule has 0 atom stereocenters. The number of amides is 1. The standard InChI is InChI=1S/C26H26N4OS/c1-2-30-13-12-23-21(16-30)25(20-10-6-7-11-22(20)29-23)26(31)27-15-19-17-32-24(28-19)14-18-8-4-3-5-9-18/h3-11,17H,2,12-16H2,1H3,(H,27,31). The van der Waals surface area contributed by atoms with Gasteiger partial charge in [0.05, 0.1) is 28.3 Å². The Labute approximate surface area is 192 Å². The summed E-state index contributed by atoms with van der Waals surface area (Å²) in [7, 11) is 0. The summed E-state index contributed by atoms with van der Waals surface area (Å²) in [4.78, 5) is 25.4. The van der Waals surface area contributed by atoms with Crippen LogP contribution in [0.3, 0.4) is 0 Å². The van der Waals surface area contributed by atoms with E-state index in [0.717, 1.165) is 70.9 Å². The number of likely N-dealkylation sites (N-methyl/N-ethyl adjacent to an activating group) is 1. The zero-order valence-corrected chi connectivity index (χ0v) is 19.0. The molecule has 0 spiro atoms. The van der Waals surface area contributed by atoms with Crippen molar-refractivity contribution in [3.63, 3.8) is 0 Å². The van der Waals surface area contributed by atoms with Crippen LogP contribution in [0.4, 0.5) is 0 Å². The minimum Gasteiger partial charge on any atom is -0.346 e. The van der Waals surface area contributed by atoms with Crippen LogP contribution in [0.2, 0.25) is 0 Å². The number of thiazole rings is 1. The summed E-state index contributed by atoms with van der Waals surface area (Å²) in [6.07, 6.45) is 1.69. The molecule has 1 aliphatic rings. The summed E-state index contributed by atoms with van der Waals surface area (Å²) in [5.41, 5.74) is 5.92. The van der Waals surface area contributed by atoms with Crippen LogP contribution in [-0.4, -0.2) is 33.9 Å². The first-order chi connectivity index (χ1) is 15.7. The van der Waals surface area contributed by atoms with Crippen molar-refractivity contribution >= 4 is 28.1 Å². The second kappa shape index (κ2) is 9.18. The van der Waals surface area contributed by atoms with Gasteiger partial charge in [-0.25, -0.2) is 4.98 Å². The lowest BCUT2D eigenvalue weighted by Gasteiger charge is -2.29. The van der Waals surface area contributed by atoms with Crippen LogP contribution in [0.1, 0.15) is 44.8 Å². The molecule has 32 heavy (non-hydrogen) atoms. The van der Waals surface area contributed by atoms with Gasteiger partial charge in [0.25, 0.3) is 5.91 Å². The SMILES string of the molecule is CCN1CCc2nc3ccccc3c(C(=O)NCc3csc(Cc4ccccc4)n3)c2C1. The molecule has 0 aliphatic carbocycles. The molecule has 0 fully saturated rings. The highest BCUT2D eigenvalue weighted by Crippen LogP contribution is 2.28. The van der Waals surface area contributed by atoms with E-state index in [4.69, 9.17) is 9.97 Å². The molecule has 6 heteroatoms. The Morgan fingerprint density at radius 3 is 2.75 bits per heavy atom. The molecule has 162 valence electrons. The molecule has 5 nitrogen and oxygen atoms in total. The summed E-state index contributed by atoms with van der Waals surface area (Å²) in [5, 5.41) is 7.15. The van der Waals surface area contributed by atoms with Crippen LogP contribution in [-0.2, 0) is 25.9 Å². The molecule has 1 amide bonds. The lowest BCUT2D eigenvalue weighted by Crippen LogP contribution is -2.34. The van der Waals surface area contributed by atoms with E-state index in [9.17, 15) is 4.79 Å². The molecular formula is C26H26N4OS. The van der Waals surface area contributed by atoms with E-state index in [2.05, 4.69) is 29.3 Å². The molecule has 2 aromatic carbocycles. The van der Waals surface area contributed by atoms with Crippen molar-refractivity contribution in [3.05, 3.63) is 93.1 Å². The summed E-state index contributed by atoms with van der Waals surface area (Å²) >= 11 is 1.64. The Hall–Kier alpha value is -3.09. The van der Waals surface area contributed by atoms with Crippen molar-refractivity contribution in [2.75, 3.05) is 13.1 Å². The highest BCUT2D eigenvalue weighted by molar-refractivity contribution is 7.09. The first-order valence-electron chi connectivity index (χ1n) is 11.1. The third-order valence-electron chi connectivity index (χ3n) is 6.03. The molecule has 3 heterocycles. The van der Waals surface area contributed by atoms with Crippen molar-refractivity contribution < 1.29 is 4.79 Å². The van der Waals surface area contributed by atoms with Gasteiger partial charge in [-0.3, -0.25) is 14.7 Å². The average Bonchev–Trinajstić information content (AvgIpc) is 3.28. The molecule has 5 rings (SSSR count). The average molecular weight is 443 g/mol. The Bertz CT molecular complexity index is 1250. The molecule has 0 bridgehead atoms. The molecular weight excluding hydrogens is 416 g/mol. The maximum Gasteiger partial charge on any atom is 0.252 e. The van der Waals surface area contributed by atoms with Gasteiger partial charge in [0.2, 0.25) is 0 Å². The first-order valence-corrected chi connectivity index (χ1v) is 12.0. The third kappa shape index (κ3) is 4.29. The van der Waals surface area contributed by atoms with Crippen molar-refractivity contribution in [2.45, 2.75) is 32.9 Å². The largest absolute Gasteiger partial charge is 0.346 e. The van der Waals surface area contributed by atoms with Crippen LogP contribution in [0.5, 0.6) is 0 Å². The maximum atomic E-state index is 13.4. The molecule has 0 saturated heterocycles. The number of nitrogens with one attached hydrogen (secondary N) is 1. The lowest BCUT2D eigenvalue weighted by molar-refractivity contribution is 0.0949. The molecule has 4 aromatic rings. The molecule has 0 unspecified atom stereocenters. The van der Waals surface area contributed by atoms with Crippen LogP contribution in [0.15, 0.2) is 60.0 Å². The second-order valence-electron chi connectivity index (χ2n) is 8.13. The number of benzene rings is 2. The molecule has 2 aromatic heterocycles. The number of rotatable bonds is 6. The normalized spacial score (nSPS) is 13.8. The Morgan fingerprint density at radius 1 is 1.09 bits per heavy atom. The van der Waals surface area contributed by atoms with Gasteiger partial charge in [0, 0.05) is 48.0 Å². The summed E-state index contributed by atoms with van der Waals surface area (Å²) < 4.78 is 0. The number of carbonyl (C=O) groups excluding carboxylic acids is 1. The number of para-hydroxylation sites is 1. The zero-order valence-electron chi connectivity index (χ0n) is 18.2. The number of hydrogen-bond acceptors (Lipinski definition) is 5. The van der Waals surface area contributed by atoms with E-state index in [-0.39, 0.29) is 5.91 Å². The van der Waals surface area contributed by atoms with E-state index < -0.39 is 0 Å². The number of pyridine rings is 1. The fourth-order valence-corrected chi connectivity index (χ4v) is 5.14. The van der Waals surface area contributed by atoms with E-state index in [0.29, 0.717) is 6.54 Å². The van der Waals surface area contributed by atoms with Crippen molar-refractivity contribution in [2.24, 2.45) is 0 Å². The van der Waals surface area contributed by atoms with Crippen molar-refractivity contribution in [3.8, 4) is 0 Å². The Balaban J connectivity index is 1.37. The predicted octanol–water partition coefficient (Wildman–Crippen LogP) is 4.59. The lowest BCUT2D eigenvalue weighted by atomic mass is 9.95. The quantitative estimate of drug-likeness (QED) is 0.475. The fourth-order valence-electron chi connectivity index (χ4n) is 4.32. The first kappa shape index (κ1) is 20.8. The number of nitrogens with zero attached hydrogens (tertiary/aromatic N) is 3. The van der Waals surface area contributed by atoms with Gasteiger partial charge in [-0.2, -0.15) is 0 Å². The van der Waals surface area contributed by atoms with Gasteiger partial charge in [-0.15, -0.1) is 11.3 Å². The highest BCUT2D eigenvalue weighted by Gasteiger charge is 2.25. The van der Waals surface area contributed by atoms with Gasteiger partial charge in [-0.1, -0.05) is 55.5 Å². The van der Waals surface area contributed by atoms with Gasteiger partial charge < -0.3 is 5.32 Å². The molecule has 1 N–H and O–H groups in total. The topological polar surface area (TPSA) is 58.1 Å². The maximum absolute atomic E-state index is 13.4. The third-order valence-corrected chi connectivity index (χ3v) is 6.92. The van der Waals surface area contributed by atoms with Gasteiger partial charge in [0.15, 0.2) is 0 Å². The van der Waals surface area contributed by atoms with Gasteiger partial charge >= 0.3 is 0 Å². The van der Waals surface area contributed by atoms with Crippen LogP contribution < -0.4 is 5.32 Å². The second-order valence-corrected chi connectivity index (χ2v) is 9.07. The highest BCUT2D eigenvalue weighted by atomic mass is 32.1. The molecule has 0 saturated carbocycles. The monoisotopic (exact) mass is 442 g/mol.